The molecule has 0 bridgehead atoms. The van der Waals surface area contributed by atoms with Crippen LogP contribution in [0.3, 0.4) is 0 Å². The molecule has 10 nitrogen and oxygen atoms in total. The summed E-state index contributed by atoms with van der Waals surface area (Å²) in [5.41, 5.74) is 7.03. The van der Waals surface area contributed by atoms with E-state index < -0.39 is 23.4 Å². The van der Waals surface area contributed by atoms with E-state index in [1.807, 2.05) is 13.8 Å². The Kier molecular flexibility index (Phi) is 8.11. The Hall–Kier alpha value is -4.02. The topological polar surface area (TPSA) is 142 Å². The fourth-order valence-electron chi connectivity index (χ4n) is 5.17. The minimum Gasteiger partial charge on any atom is -0.444 e. The van der Waals surface area contributed by atoms with E-state index in [1.54, 1.807) is 45.0 Å². The summed E-state index contributed by atoms with van der Waals surface area (Å²) in [4.78, 5) is 37.8. The van der Waals surface area contributed by atoms with Crippen molar-refractivity contribution >= 4 is 23.6 Å². The van der Waals surface area contributed by atoms with Gasteiger partial charge < -0.3 is 15.0 Å². The fourth-order valence-corrected chi connectivity index (χ4v) is 5.17. The van der Waals surface area contributed by atoms with E-state index in [4.69, 9.17) is 15.0 Å². The Balaban J connectivity index is 1.50. The fraction of sp³-hybridized carbons (Fsp3) is 0.500. The van der Waals surface area contributed by atoms with Gasteiger partial charge >= 0.3 is 6.09 Å². The highest BCUT2D eigenvalue weighted by Crippen LogP contribution is 2.50. The van der Waals surface area contributed by atoms with Crippen molar-refractivity contribution in [2.45, 2.75) is 91.7 Å². The van der Waals surface area contributed by atoms with Gasteiger partial charge in [0.15, 0.2) is 11.6 Å². The lowest BCUT2D eigenvalue weighted by molar-refractivity contribution is -0.118. The Morgan fingerprint density at radius 3 is 2.34 bits per heavy atom. The van der Waals surface area contributed by atoms with E-state index in [1.165, 1.54) is 4.68 Å². The maximum absolute atomic E-state index is 14.9. The summed E-state index contributed by atoms with van der Waals surface area (Å²) in [5, 5.41) is 11.1. The van der Waals surface area contributed by atoms with Gasteiger partial charge in [-0.15, -0.1) is 0 Å². The summed E-state index contributed by atoms with van der Waals surface area (Å²) in [6.07, 6.45) is 0.791. The van der Waals surface area contributed by atoms with E-state index in [0.717, 1.165) is 12.8 Å². The third-order valence-corrected chi connectivity index (χ3v) is 6.96. The van der Waals surface area contributed by atoms with Gasteiger partial charge in [0.1, 0.15) is 34.2 Å². The summed E-state index contributed by atoms with van der Waals surface area (Å²) in [7, 11) is 0. The summed E-state index contributed by atoms with van der Waals surface area (Å²) in [6.45, 7) is 13.1. The molecule has 0 aliphatic heterocycles. The number of amides is 2. The Morgan fingerprint density at radius 2 is 1.80 bits per heavy atom. The molecular formula is C30H38FN5O5. The number of hydrogen-bond acceptors (Lipinski definition) is 7. The van der Waals surface area contributed by atoms with Gasteiger partial charge in [-0.2, -0.15) is 5.10 Å². The number of carbonyl (C=O) groups is 3. The second kappa shape index (κ2) is 11.1. The van der Waals surface area contributed by atoms with Crippen molar-refractivity contribution < 1.29 is 28.0 Å². The molecule has 11 heteroatoms. The van der Waals surface area contributed by atoms with Gasteiger partial charge in [0.05, 0.1) is 6.42 Å². The van der Waals surface area contributed by atoms with Crippen LogP contribution in [-0.2, 0) is 22.4 Å². The minimum atomic E-state index is -0.767. The molecule has 0 unspecified atom stereocenters. The quantitative estimate of drug-likeness (QED) is 0.325. The van der Waals surface area contributed by atoms with E-state index in [0.29, 0.717) is 16.8 Å². The van der Waals surface area contributed by atoms with Gasteiger partial charge in [-0.05, 0) is 58.4 Å². The molecule has 2 aromatic heterocycles. The van der Waals surface area contributed by atoms with Crippen LogP contribution in [0.2, 0.25) is 0 Å². The summed E-state index contributed by atoms with van der Waals surface area (Å²) >= 11 is 0. The Labute approximate surface area is 238 Å². The number of ether oxygens (including phenoxy) is 1. The molecule has 1 fully saturated rings. The minimum absolute atomic E-state index is 0.0227. The Bertz CT molecular complexity index is 1460. The highest BCUT2D eigenvalue weighted by atomic mass is 19.1. The molecule has 0 saturated heterocycles. The second-order valence-electron chi connectivity index (χ2n) is 12.8. The standard InChI is InChI=1S/C30H38FN5O5/c1-16(2)36-27(33-28(39)40-29(3,4)5)22(26(32)38)24(34-36)18-10-8-17(9-11-18)12-20(37)13-21-23(31)25(35-41-21)19-14-30(6,7)15-19/h8-11,16,19H,12-15H2,1-7H3,(H2,32,38)(H,33,39). The summed E-state index contributed by atoms with van der Waals surface area (Å²) < 4.78 is 26.9. The van der Waals surface area contributed by atoms with Crippen LogP contribution < -0.4 is 11.1 Å². The van der Waals surface area contributed by atoms with Crippen molar-refractivity contribution in [1.29, 1.82) is 0 Å². The van der Waals surface area contributed by atoms with Crippen molar-refractivity contribution in [3.05, 3.63) is 52.7 Å². The third-order valence-electron chi connectivity index (χ3n) is 6.96. The molecule has 0 atom stereocenters. The second-order valence-corrected chi connectivity index (χ2v) is 12.8. The highest BCUT2D eigenvalue weighted by molar-refractivity contribution is 6.06. The zero-order valence-electron chi connectivity index (χ0n) is 24.6. The first-order chi connectivity index (χ1) is 19.0. The van der Waals surface area contributed by atoms with Gasteiger partial charge in [-0.1, -0.05) is 43.3 Å². The number of ketones is 1. The van der Waals surface area contributed by atoms with Crippen LogP contribution in [0.15, 0.2) is 28.8 Å². The van der Waals surface area contributed by atoms with Crippen molar-refractivity contribution in [2.75, 3.05) is 5.32 Å². The SMILES string of the molecule is CC(C)n1nc(-c2ccc(CC(=O)Cc3onc(C4CC(C)(C)C4)c3F)cc2)c(C(N)=O)c1NC(=O)OC(C)(C)C. The molecule has 2 amide bonds. The molecule has 2 heterocycles. The number of rotatable bonds is 9. The van der Waals surface area contributed by atoms with Crippen molar-refractivity contribution in [1.82, 2.24) is 14.9 Å². The van der Waals surface area contributed by atoms with Crippen LogP contribution in [0.1, 0.15) is 101 Å². The van der Waals surface area contributed by atoms with E-state index >= 15 is 0 Å². The Morgan fingerprint density at radius 1 is 1.17 bits per heavy atom. The molecule has 220 valence electrons. The molecular weight excluding hydrogens is 529 g/mol. The third kappa shape index (κ3) is 6.83. The number of nitrogens with zero attached hydrogens (tertiary/aromatic N) is 3. The predicted octanol–water partition coefficient (Wildman–Crippen LogP) is 5.96. The van der Waals surface area contributed by atoms with Crippen LogP contribution in [0.4, 0.5) is 15.0 Å². The van der Waals surface area contributed by atoms with Crippen LogP contribution >= 0.6 is 0 Å². The van der Waals surface area contributed by atoms with E-state index in [2.05, 4.69) is 29.4 Å². The largest absolute Gasteiger partial charge is 0.444 e. The zero-order valence-corrected chi connectivity index (χ0v) is 24.6. The molecule has 0 spiro atoms. The van der Waals surface area contributed by atoms with Gasteiger partial charge in [0.25, 0.3) is 5.91 Å². The van der Waals surface area contributed by atoms with E-state index in [9.17, 15) is 18.8 Å². The number of primary amides is 1. The molecule has 4 rings (SSSR count). The van der Waals surface area contributed by atoms with Crippen LogP contribution in [0.25, 0.3) is 11.3 Å². The number of benzene rings is 1. The van der Waals surface area contributed by atoms with Crippen LogP contribution in [0.5, 0.6) is 0 Å². The number of carbonyl (C=O) groups excluding carboxylic acids is 3. The zero-order chi connectivity index (χ0) is 30.3. The maximum Gasteiger partial charge on any atom is 0.413 e. The van der Waals surface area contributed by atoms with Crippen LogP contribution in [-0.4, -0.2) is 38.3 Å². The number of halogens is 1. The number of aromatic nitrogens is 3. The molecule has 1 saturated carbocycles. The lowest BCUT2D eigenvalue weighted by Crippen LogP contribution is -2.30. The summed E-state index contributed by atoms with van der Waals surface area (Å²) in [6, 6.07) is 6.67. The van der Waals surface area contributed by atoms with Gasteiger partial charge in [0, 0.05) is 23.9 Å². The van der Waals surface area contributed by atoms with Crippen molar-refractivity contribution in [3.63, 3.8) is 0 Å². The number of anilines is 1. The molecule has 3 N–H and O–H groups in total. The molecule has 0 radical (unpaired) electrons. The lowest BCUT2D eigenvalue weighted by atomic mass is 9.63. The lowest BCUT2D eigenvalue weighted by Gasteiger charge is -2.41. The van der Waals surface area contributed by atoms with Crippen molar-refractivity contribution in [2.24, 2.45) is 11.1 Å². The first-order valence-corrected chi connectivity index (χ1v) is 13.7. The smallest absolute Gasteiger partial charge is 0.413 e. The molecule has 3 aromatic rings. The molecule has 41 heavy (non-hydrogen) atoms. The normalized spacial score (nSPS) is 15.0. The number of nitrogens with two attached hydrogens (primary N) is 1. The first kappa shape index (κ1) is 30.0. The highest BCUT2D eigenvalue weighted by Gasteiger charge is 2.40. The molecule has 1 aliphatic rings. The average molecular weight is 568 g/mol. The average Bonchev–Trinajstić information content (AvgIpc) is 3.37. The number of hydrogen-bond donors (Lipinski definition) is 2. The molecule has 1 aromatic carbocycles. The van der Waals surface area contributed by atoms with Gasteiger partial charge in [-0.3, -0.25) is 14.9 Å². The van der Waals surface area contributed by atoms with Crippen LogP contribution in [0, 0.1) is 11.2 Å². The molecule has 1 aliphatic carbocycles. The number of nitrogens with one attached hydrogen (secondary N) is 1. The van der Waals surface area contributed by atoms with Gasteiger partial charge in [0.2, 0.25) is 0 Å². The predicted molar refractivity (Wildman–Crippen MR) is 151 cm³/mol. The van der Waals surface area contributed by atoms with Crippen molar-refractivity contribution in [3.8, 4) is 11.3 Å². The monoisotopic (exact) mass is 567 g/mol. The maximum atomic E-state index is 14.9. The van der Waals surface area contributed by atoms with E-state index in [-0.39, 0.29) is 58.8 Å². The van der Waals surface area contributed by atoms with Gasteiger partial charge in [-0.25, -0.2) is 13.9 Å². The summed E-state index contributed by atoms with van der Waals surface area (Å²) in [5.74, 6) is -1.40. The number of Topliss-reactive ketones (excluding diaryl/α,β-unsaturated/α-hetero) is 1. The first-order valence-electron chi connectivity index (χ1n) is 13.7.